The molecule has 0 amide bonds. The van der Waals surface area contributed by atoms with Crippen LogP contribution >= 0.6 is 0 Å². The van der Waals surface area contributed by atoms with Crippen LogP contribution in [0, 0.1) is 40.4 Å². The molecule has 5 aliphatic rings. The van der Waals surface area contributed by atoms with E-state index in [1.165, 1.54) is 0 Å². The summed E-state index contributed by atoms with van der Waals surface area (Å²) in [6.07, 6.45) is 8.26. The van der Waals surface area contributed by atoms with E-state index in [-0.39, 0.29) is 47.8 Å². The van der Waals surface area contributed by atoms with Gasteiger partial charge in [-0.3, -0.25) is 4.79 Å². The van der Waals surface area contributed by atoms with Gasteiger partial charge in [0.2, 0.25) is 0 Å². The lowest BCUT2D eigenvalue weighted by Gasteiger charge is -2.63. The predicted molar refractivity (Wildman–Crippen MR) is 126 cm³/mol. The molecule has 0 aromatic rings. The minimum Gasteiger partial charge on any atom is -0.462 e. The van der Waals surface area contributed by atoms with Gasteiger partial charge in [0.25, 0.3) is 0 Å². The third kappa shape index (κ3) is 3.57. The standard InChI is InChI=1S/C28H42O6/c1-16(2)11-24(31)34-22-14-28(32)21-6-5-18-13-19(29)7-9-26(18,3)20(21)8-10-27(28,4)25(22)17-12-23(30)33-15-17/h12,16,18-22,25,29,32H,5-11,13-15H2,1-4H3/t18-,19+,20-,21-,22+,25+,26+,27-,28+/m1/s1. The summed E-state index contributed by atoms with van der Waals surface area (Å²) in [6, 6.07) is 0. The van der Waals surface area contributed by atoms with Crippen molar-refractivity contribution in [1.29, 1.82) is 0 Å². The van der Waals surface area contributed by atoms with Crippen molar-refractivity contribution in [2.24, 2.45) is 40.4 Å². The number of fused-ring (bicyclic) bond motifs is 5. The monoisotopic (exact) mass is 474 g/mol. The highest BCUT2D eigenvalue weighted by Crippen LogP contribution is 2.70. The maximum atomic E-state index is 12.8. The van der Waals surface area contributed by atoms with Gasteiger partial charge in [-0.25, -0.2) is 4.79 Å². The fourth-order valence-corrected chi connectivity index (χ4v) is 9.09. The number of esters is 2. The molecule has 0 radical (unpaired) electrons. The SMILES string of the molecule is CC(C)CC(=O)O[C@H]1C[C@]2(O)[C@@H]3CC[C@@H]4C[C@@H](O)CC[C@]4(C)[C@@H]3CC[C@]2(C)[C@H]1C1=CC(=O)OC1. The van der Waals surface area contributed by atoms with Crippen molar-refractivity contribution < 1.29 is 29.3 Å². The lowest BCUT2D eigenvalue weighted by atomic mass is 9.43. The van der Waals surface area contributed by atoms with E-state index in [1.807, 2.05) is 13.8 Å². The molecule has 0 aromatic carbocycles. The first kappa shape index (κ1) is 24.3. The van der Waals surface area contributed by atoms with E-state index in [9.17, 15) is 19.8 Å². The van der Waals surface area contributed by atoms with E-state index in [1.54, 1.807) is 6.08 Å². The van der Waals surface area contributed by atoms with E-state index in [0.29, 0.717) is 24.7 Å². The molecule has 190 valence electrons. The Bertz CT molecular complexity index is 880. The Kier molecular flexibility index (Phi) is 5.95. The maximum Gasteiger partial charge on any atom is 0.331 e. The maximum absolute atomic E-state index is 12.8. The van der Waals surface area contributed by atoms with Gasteiger partial charge in [0, 0.05) is 30.3 Å². The number of ether oxygens (including phenoxy) is 2. The molecular formula is C28H42O6. The van der Waals surface area contributed by atoms with Crippen LogP contribution in [0.1, 0.15) is 85.5 Å². The first-order valence-electron chi connectivity index (χ1n) is 13.4. The minimum atomic E-state index is -0.958. The van der Waals surface area contributed by atoms with E-state index >= 15 is 0 Å². The molecule has 4 fully saturated rings. The third-order valence-electron chi connectivity index (χ3n) is 10.8. The Labute approximate surface area is 203 Å². The van der Waals surface area contributed by atoms with Gasteiger partial charge < -0.3 is 19.7 Å². The Morgan fingerprint density at radius 1 is 1.18 bits per heavy atom. The molecule has 1 aliphatic heterocycles. The fourth-order valence-electron chi connectivity index (χ4n) is 9.09. The average Bonchev–Trinajstić information content (AvgIpc) is 3.25. The van der Waals surface area contributed by atoms with Gasteiger partial charge in [0.05, 0.1) is 11.7 Å². The second-order valence-electron chi connectivity index (χ2n) is 12.9. The summed E-state index contributed by atoms with van der Waals surface area (Å²) in [5.74, 6) is 0.463. The summed E-state index contributed by atoms with van der Waals surface area (Å²) >= 11 is 0. The number of hydrogen-bond acceptors (Lipinski definition) is 6. The fraction of sp³-hybridized carbons (Fsp3) is 0.857. The van der Waals surface area contributed by atoms with Gasteiger partial charge in [0.15, 0.2) is 0 Å². The molecule has 9 atom stereocenters. The molecule has 6 heteroatoms. The normalized spacial score (nSPS) is 48.0. The van der Waals surface area contributed by atoms with E-state index < -0.39 is 17.1 Å². The highest BCUT2D eigenvalue weighted by Gasteiger charge is 2.71. The number of aliphatic hydroxyl groups is 2. The largest absolute Gasteiger partial charge is 0.462 e. The number of carbonyl (C=O) groups excluding carboxylic acids is 2. The van der Waals surface area contributed by atoms with E-state index in [4.69, 9.17) is 9.47 Å². The van der Waals surface area contributed by atoms with Crippen molar-refractivity contribution in [2.75, 3.05) is 6.61 Å². The van der Waals surface area contributed by atoms with Gasteiger partial charge in [-0.1, -0.05) is 27.7 Å². The molecule has 2 N–H and O–H groups in total. The van der Waals surface area contributed by atoms with Crippen LogP contribution in [0.2, 0.25) is 0 Å². The highest BCUT2D eigenvalue weighted by atomic mass is 16.5. The lowest BCUT2D eigenvalue weighted by molar-refractivity contribution is -0.208. The van der Waals surface area contributed by atoms with Crippen molar-refractivity contribution in [3.05, 3.63) is 11.6 Å². The summed E-state index contributed by atoms with van der Waals surface area (Å²) in [5.41, 5.74) is -0.439. The summed E-state index contributed by atoms with van der Waals surface area (Å²) < 4.78 is 11.4. The summed E-state index contributed by atoms with van der Waals surface area (Å²) in [7, 11) is 0. The first-order chi connectivity index (χ1) is 16.0. The zero-order valence-electron chi connectivity index (χ0n) is 21.2. The van der Waals surface area contributed by atoms with E-state index in [0.717, 1.165) is 50.5 Å². The highest BCUT2D eigenvalue weighted by molar-refractivity contribution is 5.85. The van der Waals surface area contributed by atoms with Crippen LogP contribution in [0.15, 0.2) is 11.6 Å². The van der Waals surface area contributed by atoms with Crippen LogP contribution in [-0.2, 0) is 19.1 Å². The Morgan fingerprint density at radius 2 is 1.94 bits per heavy atom. The molecular weight excluding hydrogens is 432 g/mol. The van der Waals surface area contributed by atoms with Gasteiger partial charge in [-0.15, -0.1) is 0 Å². The number of carbonyl (C=O) groups is 2. The number of hydrogen-bond donors (Lipinski definition) is 2. The van der Waals surface area contributed by atoms with Crippen LogP contribution in [0.5, 0.6) is 0 Å². The van der Waals surface area contributed by atoms with Crippen LogP contribution < -0.4 is 0 Å². The lowest BCUT2D eigenvalue weighted by Crippen LogP contribution is -2.62. The van der Waals surface area contributed by atoms with Crippen LogP contribution in [-0.4, -0.2) is 46.6 Å². The Balaban J connectivity index is 1.49. The minimum absolute atomic E-state index is 0.132. The predicted octanol–water partition coefficient (Wildman–Crippen LogP) is 4.17. The molecule has 6 nitrogen and oxygen atoms in total. The molecule has 0 spiro atoms. The van der Waals surface area contributed by atoms with Crippen LogP contribution in [0.4, 0.5) is 0 Å². The second-order valence-corrected chi connectivity index (χ2v) is 12.9. The second kappa shape index (κ2) is 8.33. The van der Waals surface area contributed by atoms with Gasteiger partial charge in [0.1, 0.15) is 12.7 Å². The molecule has 0 unspecified atom stereocenters. The molecule has 5 rings (SSSR count). The van der Waals surface area contributed by atoms with Gasteiger partial charge in [-0.05, 0) is 79.6 Å². The van der Waals surface area contributed by atoms with Gasteiger partial charge >= 0.3 is 11.9 Å². The quantitative estimate of drug-likeness (QED) is 0.594. The summed E-state index contributed by atoms with van der Waals surface area (Å²) in [5, 5.41) is 22.9. The molecule has 0 bridgehead atoms. The first-order valence-corrected chi connectivity index (χ1v) is 13.4. The molecule has 0 saturated heterocycles. The molecule has 0 aromatic heterocycles. The van der Waals surface area contributed by atoms with Crippen molar-refractivity contribution in [3.63, 3.8) is 0 Å². The third-order valence-corrected chi connectivity index (χ3v) is 10.8. The van der Waals surface area contributed by atoms with Crippen molar-refractivity contribution >= 4 is 11.9 Å². The zero-order chi connectivity index (χ0) is 24.5. The topological polar surface area (TPSA) is 93.1 Å². The van der Waals surface area contributed by atoms with Crippen LogP contribution in [0.3, 0.4) is 0 Å². The van der Waals surface area contributed by atoms with Gasteiger partial charge in [-0.2, -0.15) is 0 Å². The average molecular weight is 475 g/mol. The van der Waals surface area contributed by atoms with Crippen molar-refractivity contribution in [2.45, 2.75) is 103 Å². The molecule has 4 saturated carbocycles. The number of cyclic esters (lactones) is 1. The molecule has 4 aliphatic carbocycles. The molecule has 34 heavy (non-hydrogen) atoms. The number of aliphatic hydroxyl groups excluding tert-OH is 1. The van der Waals surface area contributed by atoms with Crippen molar-refractivity contribution in [3.8, 4) is 0 Å². The summed E-state index contributed by atoms with van der Waals surface area (Å²) in [6.45, 7) is 8.77. The Hall–Kier alpha value is -1.40. The zero-order valence-corrected chi connectivity index (χ0v) is 21.2. The molecule has 1 heterocycles. The summed E-state index contributed by atoms with van der Waals surface area (Å²) in [4.78, 5) is 24.7. The Morgan fingerprint density at radius 3 is 2.62 bits per heavy atom. The van der Waals surface area contributed by atoms with Crippen LogP contribution in [0.25, 0.3) is 0 Å². The number of rotatable bonds is 4. The van der Waals surface area contributed by atoms with E-state index in [2.05, 4.69) is 13.8 Å². The van der Waals surface area contributed by atoms with Crippen molar-refractivity contribution in [1.82, 2.24) is 0 Å². The smallest absolute Gasteiger partial charge is 0.331 e.